The molecular formula is C19H22N2O6S. The summed E-state index contributed by atoms with van der Waals surface area (Å²) < 4.78 is 36.2. The zero-order valence-corrected chi connectivity index (χ0v) is 16.4. The van der Waals surface area contributed by atoms with Crippen LogP contribution in [0.15, 0.2) is 47.4 Å². The first-order valence-electron chi connectivity index (χ1n) is 8.67. The summed E-state index contributed by atoms with van der Waals surface area (Å²) >= 11 is 0. The van der Waals surface area contributed by atoms with Gasteiger partial charge in [-0.15, -0.1) is 0 Å². The zero-order chi connectivity index (χ0) is 20.3. The number of hydrogen-bond donors (Lipinski definition) is 2. The summed E-state index contributed by atoms with van der Waals surface area (Å²) in [6.07, 6.45) is -0.923. The molecule has 0 radical (unpaired) electrons. The number of nitrogens with zero attached hydrogens (tertiary/aromatic N) is 1. The molecule has 1 aliphatic rings. The molecule has 2 N–H and O–H groups in total. The van der Waals surface area contributed by atoms with E-state index in [1.165, 1.54) is 38.4 Å². The Labute approximate surface area is 163 Å². The van der Waals surface area contributed by atoms with Gasteiger partial charge in [0.1, 0.15) is 13.2 Å². The first kappa shape index (κ1) is 20.1. The summed E-state index contributed by atoms with van der Waals surface area (Å²) in [5.74, 6) is 0.774. The zero-order valence-electron chi connectivity index (χ0n) is 15.6. The maximum atomic E-state index is 12.3. The van der Waals surface area contributed by atoms with E-state index in [1.54, 1.807) is 18.2 Å². The van der Waals surface area contributed by atoms with E-state index in [4.69, 9.17) is 9.47 Å². The van der Waals surface area contributed by atoms with Crippen LogP contribution in [0.1, 0.15) is 22.0 Å². The van der Waals surface area contributed by atoms with Crippen LogP contribution in [0.3, 0.4) is 0 Å². The predicted octanol–water partition coefficient (Wildman–Crippen LogP) is 1.17. The lowest BCUT2D eigenvalue weighted by atomic mass is 10.1. The van der Waals surface area contributed by atoms with Crippen LogP contribution < -0.4 is 14.8 Å². The molecule has 1 amide bonds. The van der Waals surface area contributed by atoms with Crippen LogP contribution in [0.4, 0.5) is 0 Å². The molecule has 2 aromatic rings. The van der Waals surface area contributed by atoms with Crippen molar-refractivity contribution in [2.24, 2.45) is 0 Å². The highest BCUT2D eigenvalue weighted by molar-refractivity contribution is 7.89. The van der Waals surface area contributed by atoms with Crippen LogP contribution in [0.5, 0.6) is 11.5 Å². The number of sulfonamides is 1. The van der Waals surface area contributed by atoms with Crippen LogP contribution >= 0.6 is 0 Å². The van der Waals surface area contributed by atoms with Gasteiger partial charge in [0.25, 0.3) is 5.91 Å². The number of amides is 1. The first-order chi connectivity index (χ1) is 13.3. The van der Waals surface area contributed by atoms with Crippen molar-refractivity contribution in [3.8, 4) is 11.5 Å². The van der Waals surface area contributed by atoms with Crippen LogP contribution in [-0.4, -0.2) is 57.6 Å². The monoisotopic (exact) mass is 406 g/mol. The highest BCUT2D eigenvalue weighted by Crippen LogP contribution is 2.32. The Hall–Kier alpha value is -2.62. The lowest BCUT2D eigenvalue weighted by Gasteiger charge is -2.20. The number of carbonyl (C=O) groups is 1. The number of ether oxygens (including phenoxy) is 2. The SMILES string of the molecule is CN(C)S(=O)(=O)c1ccc(C(=O)NC[C@@H](O)c2ccc3c(c2)OCCO3)cc1. The highest BCUT2D eigenvalue weighted by Gasteiger charge is 2.19. The molecule has 0 unspecified atom stereocenters. The third kappa shape index (κ3) is 4.27. The molecule has 1 heterocycles. The fraction of sp³-hybridized carbons (Fsp3) is 0.316. The van der Waals surface area contributed by atoms with Crippen molar-refractivity contribution in [1.82, 2.24) is 9.62 Å². The molecule has 0 aromatic heterocycles. The topological polar surface area (TPSA) is 105 Å². The number of aliphatic hydroxyl groups is 1. The second-order valence-corrected chi connectivity index (χ2v) is 8.59. The van der Waals surface area contributed by atoms with Gasteiger partial charge in [-0.05, 0) is 42.0 Å². The van der Waals surface area contributed by atoms with Crippen molar-refractivity contribution in [2.75, 3.05) is 33.9 Å². The summed E-state index contributed by atoms with van der Waals surface area (Å²) in [6.45, 7) is 0.929. The summed E-state index contributed by atoms with van der Waals surface area (Å²) in [4.78, 5) is 12.4. The fourth-order valence-electron chi connectivity index (χ4n) is 2.67. The second kappa shape index (κ2) is 8.17. The molecule has 0 bridgehead atoms. The van der Waals surface area contributed by atoms with Crippen molar-refractivity contribution in [2.45, 2.75) is 11.0 Å². The summed E-state index contributed by atoms with van der Waals surface area (Å²) in [5, 5.41) is 13.0. The van der Waals surface area contributed by atoms with Gasteiger partial charge in [0.05, 0.1) is 11.0 Å². The second-order valence-electron chi connectivity index (χ2n) is 6.44. The molecule has 1 atom stereocenters. The van der Waals surface area contributed by atoms with Gasteiger partial charge in [-0.1, -0.05) is 6.07 Å². The van der Waals surface area contributed by atoms with Crippen LogP contribution in [0.2, 0.25) is 0 Å². The minimum absolute atomic E-state index is 0.00375. The molecule has 0 aliphatic carbocycles. The standard InChI is InChI=1S/C19H22N2O6S/c1-21(2)28(24,25)15-6-3-13(4-7-15)19(23)20-12-16(22)14-5-8-17-18(11-14)27-10-9-26-17/h3-8,11,16,22H,9-10,12H2,1-2H3,(H,20,23)/t16-/m1/s1. The Morgan fingerprint density at radius 2 is 1.75 bits per heavy atom. The molecule has 150 valence electrons. The van der Waals surface area contributed by atoms with E-state index in [1.807, 2.05) is 0 Å². The highest BCUT2D eigenvalue weighted by atomic mass is 32.2. The van der Waals surface area contributed by atoms with Gasteiger partial charge >= 0.3 is 0 Å². The van der Waals surface area contributed by atoms with Crippen molar-refractivity contribution >= 4 is 15.9 Å². The Morgan fingerprint density at radius 1 is 1.11 bits per heavy atom. The lowest BCUT2D eigenvalue weighted by Crippen LogP contribution is -2.28. The van der Waals surface area contributed by atoms with Crippen molar-refractivity contribution < 1.29 is 27.8 Å². The number of carbonyl (C=O) groups excluding carboxylic acids is 1. The van der Waals surface area contributed by atoms with Crippen LogP contribution in [0, 0.1) is 0 Å². The minimum Gasteiger partial charge on any atom is -0.486 e. The van der Waals surface area contributed by atoms with Gasteiger partial charge in [-0.25, -0.2) is 12.7 Å². The summed E-state index contributed by atoms with van der Waals surface area (Å²) in [5.41, 5.74) is 0.893. The van der Waals surface area contributed by atoms with Gasteiger partial charge < -0.3 is 19.9 Å². The van der Waals surface area contributed by atoms with E-state index < -0.39 is 22.0 Å². The third-order valence-electron chi connectivity index (χ3n) is 4.30. The van der Waals surface area contributed by atoms with Crippen molar-refractivity contribution in [3.05, 3.63) is 53.6 Å². The maximum absolute atomic E-state index is 12.3. The largest absolute Gasteiger partial charge is 0.486 e. The van der Waals surface area contributed by atoms with Gasteiger partial charge in [0.15, 0.2) is 11.5 Å². The fourth-order valence-corrected chi connectivity index (χ4v) is 3.57. The molecule has 2 aromatic carbocycles. The Kier molecular flexibility index (Phi) is 5.87. The lowest BCUT2D eigenvalue weighted by molar-refractivity contribution is 0.0915. The average molecular weight is 406 g/mol. The minimum atomic E-state index is -3.55. The normalized spacial score (nSPS) is 14.6. The molecule has 0 fully saturated rings. The molecule has 8 nitrogen and oxygen atoms in total. The molecule has 9 heteroatoms. The average Bonchev–Trinajstić information content (AvgIpc) is 2.71. The van der Waals surface area contributed by atoms with Gasteiger partial charge in [0.2, 0.25) is 10.0 Å². The molecule has 28 heavy (non-hydrogen) atoms. The van der Waals surface area contributed by atoms with E-state index in [2.05, 4.69) is 5.32 Å². The summed E-state index contributed by atoms with van der Waals surface area (Å²) in [6, 6.07) is 10.7. The quantitative estimate of drug-likeness (QED) is 0.746. The number of rotatable bonds is 6. The third-order valence-corrected chi connectivity index (χ3v) is 6.13. The Balaban J connectivity index is 1.62. The van der Waals surface area contributed by atoms with Crippen LogP contribution in [0.25, 0.3) is 0 Å². The number of aliphatic hydroxyl groups excluding tert-OH is 1. The summed E-state index contributed by atoms with van der Waals surface area (Å²) in [7, 11) is -0.670. The van der Waals surface area contributed by atoms with Crippen molar-refractivity contribution in [3.63, 3.8) is 0 Å². The van der Waals surface area contributed by atoms with E-state index >= 15 is 0 Å². The molecule has 1 aliphatic heterocycles. The predicted molar refractivity (Wildman–Crippen MR) is 102 cm³/mol. The van der Waals surface area contributed by atoms with Gasteiger partial charge in [0, 0.05) is 26.2 Å². The molecule has 3 rings (SSSR count). The van der Waals surface area contributed by atoms with Gasteiger partial charge in [-0.2, -0.15) is 0 Å². The first-order valence-corrected chi connectivity index (χ1v) is 10.1. The Bertz CT molecular complexity index is 957. The number of fused-ring (bicyclic) bond motifs is 1. The van der Waals surface area contributed by atoms with Crippen molar-refractivity contribution in [1.29, 1.82) is 0 Å². The molecule has 0 saturated heterocycles. The van der Waals surface area contributed by atoms with E-state index in [0.29, 0.717) is 35.8 Å². The van der Waals surface area contributed by atoms with E-state index in [-0.39, 0.29) is 11.4 Å². The molecule has 0 saturated carbocycles. The molecular weight excluding hydrogens is 384 g/mol. The number of benzene rings is 2. The van der Waals surface area contributed by atoms with Gasteiger partial charge in [-0.3, -0.25) is 4.79 Å². The smallest absolute Gasteiger partial charge is 0.251 e. The Morgan fingerprint density at radius 3 is 2.39 bits per heavy atom. The number of hydrogen-bond acceptors (Lipinski definition) is 6. The number of nitrogens with one attached hydrogen (secondary N) is 1. The maximum Gasteiger partial charge on any atom is 0.251 e. The van der Waals surface area contributed by atoms with Crippen LogP contribution in [-0.2, 0) is 10.0 Å². The van der Waals surface area contributed by atoms with E-state index in [9.17, 15) is 18.3 Å². The van der Waals surface area contributed by atoms with E-state index in [0.717, 1.165) is 4.31 Å². The molecule has 0 spiro atoms.